The zero-order valence-corrected chi connectivity index (χ0v) is 14.5. The standard InChI is InChI=1S/C19H28N2O3/c1-23-16-9-8-14(12-17(16)24-15-6-2-3-7-15)13-21-18(22)19(20)10-4-5-11-19/h8-9,12,15H,2-7,10-11,13,20H2,1H3,(H,21,22). The molecule has 5 nitrogen and oxygen atoms in total. The summed E-state index contributed by atoms with van der Waals surface area (Å²) >= 11 is 0. The van der Waals surface area contributed by atoms with Gasteiger partial charge >= 0.3 is 0 Å². The highest BCUT2D eigenvalue weighted by atomic mass is 16.5. The molecule has 2 aliphatic rings. The van der Waals surface area contributed by atoms with Crippen molar-refractivity contribution in [2.24, 2.45) is 5.73 Å². The fraction of sp³-hybridized carbons (Fsp3) is 0.632. The van der Waals surface area contributed by atoms with Crippen molar-refractivity contribution in [3.63, 3.8) is 0 Å². The molecule has 5 heteroatoms. The Hall–Kier alpha value is -1.75. The molecule has 1 aromatic carbocycles. The van der Waals surface area contributed by atoms with Gasteiger partial charge in [0.15, 0.2) is 11.5 Å². The lowest BCUT2D eigenvalue weighted by Crippen LogP contribution is -2.51. The third-order valence-corrected chi connectivity index (χ3v) is 5.22. The minimum atomic E-state index is -0.685. The maximum Gasteiger partial charge on any atom is 0.240 e. The normalized spacial score (nSPS) is 20.1. The van der Waals surface area contributed by atoms with Crippen molar-refractivity contribution in [1.82, 2.24) is 5.32 Å². The van der Waals surface area contributed by atoms with Gasteiger partial charge < -0.3 is 20.5 Å². The lowest BCUT2D eigenvalue weighted by Gasteiger charge is -2.22. The second-order valence-electron chi connectivity index (χ2n) is 7.06. The van der Waals surface area contributed by atoms with E-state index in [2.05, 4.69) is 5.32 Å². The Bertz CT molecular complexity index is 576. The molecule has 2 saturated carbocycles. The summed E-state index contributed by atoms with van der Waals surface area (Å²) in [5, 5.41) is 2.98. The molecule has 1 amide bonds. The van der Waals surface area contributed by atoms with Crippen LogP contribution in [-0.4, -0.2) is 24.7 Å². The number of ether oxygens (including phenoxy) is 2. The van der Waals surface area contributed by atoms with Crippen molar-refractivity contribution in [3.8, 4) is 11.5 Å². The average molecular weight is 332 g/mol. The summed E-state index contributed by atoms with van der Waals surface area (Å²) in [5.74, 6) is 1.46. The van der Waals surface area contributed by atoms with Crippen molar-refractivity contribution in [2.45, 2.75) is 69.6 Å². The number of hydrogen-bond acceptors (Lipinski definition) is 4. The molecule has 0 spiro atoms. The molecule has 2 aliphatic carbocycles. The fourth-order valence-electron chi connectivity index (χ4n) is 3.70. The summed E-state index contributed by atoms with van der Waals surface area (Å²) in [4.78, 5) is 12.3. The SMILES string of the molecule is COc1ccc(CNC(=O)C2(N)CCCC2)cc1OC1CCCC1. The first-order valence-corrected chi connectivity index (χ1v) is 9.01. The first kappa shape index (κ1) is 17.1. The summed E-state index contributed by atoms with van der Waals surface area (Å²) in [6, 6.07) is 5.83. The molecule has 132 valence electrons. The molecular formula is C19H28N2O3. The van der Waals surface area contributed by atoms with Gasteiger partial charge in [-0.25, -0.2) is 0 Å². The van der Waals surface area contributed by atoms with Gasteiger partial charge in [-0.1, -0.05) is 18.9 Å². The minimum Gasteiger partial charge on any atom is -0.493 e. The van der Waals surface area contributed by atoms with E-state index >= 15 is 0 Å². The summed E-state index contributed by atoms with van der Waals surface area (Å²) in [5.41, 5.74) is 6.51. The number of amides is 1. The molecule has 0 atom stereocenters. The number of rotatable bonds is 6. The van der Waals surface area contributed by atoms with Crippen molar-refractivity contribution < 1.29 is 14.3 Å². The van der Waals surface area contributed by atoms with Crippen LogP contribution in [0.5, 0.6) is 11.5 Å². The molecule has 0 bridgehead atoms. The maximum absolute atomic E-state index is 12.3. The van der Waals surface area contributed by atoms with Crippen LogP contribution in [0.25, 0.3) is 0 Å². The molecule has 3 rings (SSSR count). The summed E-state index contributed by atoms with van der Waals surface area (Å²) in [6.45, 7) is 0.461. The third kappa shape index (κ3) is 3.83. The van der Waals surface area contributed by atoms with Gasteiger partial charge in [-0.15, -0.1) is 0 Å². The van der Waals surface area contributed by atoms with Crippen molar-refractivity contribution in [1.29, 1.82) is 0 Å². The fourth-order valence-corrected chi connectivity index (χ4v) is 3.70. The summed E-state index contributed by atoms with van der Waals surface area (Å²) in [7, 11) is 1.65. The van der Waals surface area contributed by atoms with Crippen LogP contribution in [0.4, 0.5) is 0 Å². The van der Waals surface area contributed by atoms with Crippen LogP contribution >= 0.6 is 0 Å². The number of nitrogens with one attached hydrogen (secondary N) is 1. The topological polar surface area (TPSA) is 73.6 Å². The molecule has 0 unspecified atom stereocenters. The van der Waals surface area contributed by atoms with E-state index in [-0.39, 0.29) is 12.0 Å². The summed E-state index contributed by atoms with van der Waals surface area (Å²) < 4.78 is 11.5. The Labute approximate surface area is 143 Å². The van der Waals surface area contributed by atoms with E-state index in [1.165, 1.54) is 12.8 Å². The van der Waals surface area contributed by atoms with Crippen LogP contribution in [0.15, 0.2) is 18.2 Å². The van der Waals surface area contributed by atoms with Crippen molar-refractivity contribution >= 4 is 5.91 Å². The third-order valence-electron chi connectivity index (χ3n) is 5.22. The van der Waals surface area contributed by atoms with Gasteiger partial charge in [0, 0.05) is 6.54 Å². The van der Waals surface area contributed by atoms with E-state index in [1.54, 1.807) is 7.11 Å². The smallest absolute Gasteiger partial charge is 0.240 e. The molecule has 3 N–H and O–H groups in total. The van der Waals surface area contributed by atoms with E-state index in [0.717, 1.165) is 55.6 Å². The van der Waals surface area contributed by atoms with Crippen LogP contribution in [0.2, 0.25) is 0 Å². The van der Waals surface area contributed by atoms with Crippen molar-refractivity contribution in [3.05, 3.63) is 23.8 Å². The van der Waals surface area contributed by atoms with Gasteiger partial charge in [0.25, 0.3) is 0 Å². The van der Waals surface area contributed by atoms with E-state index in [1.807, 2.05) is 18.2 Å². The number of methoxy groups -OCH3 is 1. The molecule has 0 radical (unpaired) electrons. The first-order valence-electron chi connectivity index (χ1n) is 9.01. The number of hydrogen-bond donors (Lipinski definition) is 2. The predicted molar refractivity (Wildman–Crippen MR) is 93.1 cm³/mol. The molecule has 0 aromatic heterocycles. The Morgan fingerprint density at radius 3 is 2.58 bits per heavy atom. The number of nitrogens with two attached hydrogens (primary N) is 1. The van der Waals surface area contributed by atoms with Crippen LogP contribution in [0, 0.1) is 0 Å². The molecule has 24 heavy (non-hydrogen) atoms. The molecule has 2 fully saturated rings. The lowest BCUT2D eigenvalue weighted by atomic mass is 9.98. The quantitative estimate of drug-likeness (QED) is 0.840. The maximum atomic E-state index is 12.3. The first-order chi connectivity index (χ1) is 11.6. The Morgan fingerprint density at radius 2 is 1.92 bits per heavy atom. The number of benzene rings is 1. The van der Waals surface area contributed by atoms with Gasteiger partial charge in [0.2, 0.25) is 5.91 Å². The van der Waals surface area contributed by atoms with E-state index < -0.39 is 5.54 Å². The zero-order valence-electron chi connectivity index (χ0n) is 14.5. The van der Waals surface area contributed by atoms with Gasteiger partial charge in [0.05, 0.1) is 18.8 Å². The minimum absolute atomic E-state index is 0.0471. The average Bonchev–Trinajstić information content (AvgIpc) is 3.25. The Balaban J connectivity index is 1.63. The predicted octanol–water partition coefficient (Wildman–Crippen LogP) is 2.90. The largest absolute Gasteiger partial charge is 0.493 e. The second kappa shape index (κ2) is 7.43. The number of carbonyl (C=O) groups excluding carboxylic acids is 1. The molecular weight excluding hydrogens is 304 g/mol. The van der Waals surface area contributed by atoms with Crippen LogP contribution < -0.4 is 20.5 Å². The molecule has 0 heterocycles. The van der Waals surface area contributed by atoms with E-state index in [4.69, 9.17) is 15.2 Å². The highest BCUT2D eigenvalue weighted by molar-refractivity contribution is 5.86. The molecule has 1 aromatic rings. The van der Waals surface area contributed by atoms with Crippen LogP contribution in [0.3, 0.4) is 0 Å². The zero-order chi connectivity index (χ0) is 17.0. The molecule has 0 aliphatic heterocycles. The second-order valence-corrected chi connectivity index (χ2v) is 7.06. The van der Waals surface area contributed by atoms with Gasteiger partial charge in [-0.05, 0) is 56.2 Å². The van der Waals surface area contributed by atoms with Crippen LogP contribution in [0.1, 0.15) is 56.9 Å². The monoisotopic (exact) mass is 332 g/mol. The highest BCUT2D eigenvalue weighted by Gasteiger charge is 2.36. The Morgan fingerprint density at radius 1 is 1.21 bits per heavy atom. The lowest BCUT2D eigenvalue weighted by molar-refractivity contribution is -0.126. The van der Waals surface area contributed by atoms with Crippen LogP contribution in [-0.2, 0) is 11.3 Å². The van der Waals surface area contributed by atoms with Gasteiger partial charge in [0.1, 0.15) is 0 Å². The molecule has 0 saturated heterocycles. The summed E-state index contributed by atoms with van der Waals surface area (Å²) in [6.07, 6.45) is 8.53. The van der Waals surface area contributed by atoms with Gasteiger partial charge in [-0.3, -0.25) is 4.79 Å². The van der Waals surface area contributed by atoms with E-state index in [9.17, 15) is 4.79 Å². The van der Waals surface area contributed by atoms with E-state index in [0.29, 0.717) is 6.54 Å². The van der Waals surface area contributed by atoms with Gasteiger partial charge in [-0.2, -0.15) is 0 Å². The number of carbonyl (C=O) groups is 1. The Kier molecular flexibility index (Phi) is 5.29. The highest BCUT2D eigenvalue weighted by Crippen LogP contribution is 2.32. The van der Waals surface area contributed by atoms with Crippen molar-refractivity contribution in [2.75, 3.05) is 7.11 Å².